The molecule has 0 radical (unpaired) electrons. The number of pyridine rings is 1. The van der Waals surface area contributed by atoms with Gasteiger partial charge in [-0.15, -0.1) is 0 Å². The maximum atomic E-state index is 15.1. The second kappa shape index (κ2) is 10.5. The largest absolute Gasteiger partial charge is 0.366 e. The summed E-state index contributed by atoms with van der Waals surface area (Å²) in [7, 11) is 1.93. The van der Waals surface area contributed by atoms with E-state index in [4.69, 9.17) is 0 Å². The molecule has 2 aromatic carbocycles. The number of imidazole rings is 1. The van der Waals surface area contributed by atoms with E-state index in [9.17, 15) is 4.79 Å². The lowest BCUT2D eigenvalue weighted by Gasteiger charge is -2.33. The van der Waals surface area contributed by atoms with Crippen LogP contribution in [0.25, 0.3) is 33.4 Å². The summed E-state index contributed by atoms with van der Waals surface area (Å²) < 4.78 is 18.6. The Bertz CT molecular complexity index is 1760. The van der Waals surface area contributed by atoms with Gasteiger partial charge in [0, 0.05) is 67.7 Å². The van der Waals surface area contributed by atoms with Crippen LogP contribution >= 0.6 is 0 Å². The molecule has 1 unspecified atom stereocenters. The van der Waals surface area contributed by atoms with E-state index in [0.717, 1.165) is 41.8 Å². The van der Waals surface area contributed by atoms with Gasteiger partial charge in [0.15, 0.2) is 0 Å². The lowest BCUT2D eigenvalue weighted by atomic mass is 9.98. The summed E-state index contributed by atoms with van der Waals surface area (Å²) >= 11 is 0. The standard InChI is InChI=1S/C30H31FN8O/c1-4-39-28-20(13-24(29(39)40)22-7-5-6-8-23(22)27-16-32-18-37(27)3)15-34-30(36-28)35-21-9-10-26(25(31)14-21)38-12-11-33-19(2)17-38/h5-10,13-16,18-19,33H,4,11-12,17H2,1-3H3,(H,34,35,36). The molecular formula is C30H31FN8O. The van der Waals surface area contributed by atoms with Crippen molar-refractivity contribution < 1.29 is 4.39 Å². The van der Waals surface area contributed by atoms with E-state index in [-0.39, 0.29) is 11.4 Å². The molecule has 9 nitrogen and oxygen atoms in total. The highest BCUT2D eigenvalue weighted by atomic mass is 19.1. The van der Waals surface area contributed by atoms with Crippen LogP contribution < -0.4 is 21.1 Å². The second-order valence-electron chi connectivity index (χ2n) is 10.1. The van der Waals surface area contributed by atoms with Crippen molar-refractivity contribution in [3.8, 4) is 22.4 Å². The molecule has 3 aromatic heterocycles. The number of aryl methyl sites for hydroxylation is 2. The van der Waals surface area contributed by atoms with E-state index >= 15 is 4.39 Å². The summed E-state index contributed by atoms with van der Waals surface area (Å²) in [4.78, 5) is 29.2. The summed E-state index contributed by atoms with van der Waals surface area (Å²) in [5, 5.41) is 7.22. The highest BCUT2D eigenvalue weighted by Crippen LogP contribution is 2.31. The molecular weight excluding hydrogens is 507 g/mol. The lowest BCUT2D eigenvalue weighted by Crippen LogP contribution is -2.49. The number of aromatic nitrogens is 5. The van der Waals surface area contributed by atoms with Crippen molar-refractivity contribution in [3.05, 3.63) is 83.4 Å². The predicted octanol–water partition coefficient (Wildman–Crippen LogP) is 4.56. The SMILES string of the molecule is CCn1c(=O)c(-c2ccccc2-c2cncn2C)cc2cnc(Nc3ccc(N4CCNC(C)C4)c(F)c3)nc21. The van der Waals surface area contributed by atoms with Crippen LogP contribution in [0.1, 0.15) is 13.8 Å². The Kier molecular flexibility index (Phi) is 6.77. The van der Waals surface area contributed by atoms with Crippen molar-refractivity contribution in [2.45, 2.75) is 26.4 Å². The fourth-order valence-corrected chi connectivity index (χ4v) is 5.38. The summed E-state index contributed by atoms with van der Waals surface area (Å²) in [6.45, 7) is 6.76. The van der Waals surface area contributed by atoms with Crippen LogP contribution in [0.15, 0.2) is 72.0 Å². The number of halogens is 1. The Morgan fingerprint density at radius 3 is 2.65 bits per heavy atom. The third-order valence-corrected chi connectivity index (χ3v) is 7.37. The number of benzene rings is 2. The molecule has 204 valence electrons. The van der Waals surface area contributed by atoms with Crippen LogP contribution in [-0.2, 0) is 13.6 Å². The Hall–Kier alpha value is -4.57. The van der Waals surface area contributed by atoms with E-state index in [2.05, 4.69) is 37.4 Å². The molecule has 1 fully saturated rings. The molecule has 1 aliphatic heterocycles. The monoisotopic (exact) mass is 538 g/mol. The van der Waals surface area contributed by atoms with Gasteiger partial charge >= 0.3 is 0 Å². The normalized spacial score (nSPS) is 15.5. The average Bonchev–Trinajstić information content (AvgIpc) is 3.38. The summed E-state index contributed by atoms with van der Waals surface area (Å²) in [6.07, 6.45) is 5.22. The van der Waals surface area contributed by atoms with Crippen LogP contribution in [0.5, 0.6) is 0 Å². The zero-order valence-corrected chi connectivity index (χ0v) is 22.7. The number of hydrogen-bond acceptors (Lipinski definition) is 7. The van der Waals surface area contributed by atoms with Crippen molar-refractivity contribution in [1.29, 1.82) is 0 Å². The molecule has 0 spiro atoms. The topological polar surface area (TPSA) is 92.9 Å². The third kappa shape index (κ3) is 4.71. The first-order valence-corrected chi connectivity index (χ1v) is 13.4. The molecule has 0 saturated carbocycles. The first-order valence-electron chi connectivity index (χ1n) is 13.4. The first-order chi connectivity index (χ1) is 19.4. The minimum atomic E-state index is -0.304. The van der Waals surface area contributed by atoms with E-state index in [1.54, 1.807) is 29.4 Å². The zero-order valence-electron chi connectivity index (χ0n) is 22.7. The van der Waals surface area contributed by atoms with E-state index in [1.807, 2.05) is 54.9 Å². The fraction of sp³-hybridized carbons (Fsp3) is 0.267. The molecule has 10 heteroatoms. The third-order valence-electron chi connectivity index (χ3n) is 7.37. The molecule has 2 N–H and O–H groups in total. The quantitative estimate of drug-likeness (QED) is 0.327. The van der Waals surface area contributed by atoms with E-state index in [1.165, 1.54) is 6.07 Å². The smallest absolute Gasteiger partial charge is 0.260 e. The van der Waals surface area contributed by atoms with Crippen LogP contribution in [0, 0.1) is 5.82 Å². The summed E-state index contributed by atoms with van der Waals surface area (Å²) in [6, 6.07) is 15.0. The molecule has 0 aliphatic carbocycles. The molecule has 40 heavy (non-hydrogen) atoms. The van der Waals surface area contributed by atoms with Gasteiger partial charge in [-0.3, -0.25) is 9.36 Å². The number of fused-ring (bicyclic) bond motifs is 1. The number of hydrogen-bond donors (Lipinski definition) is 2. The molecule has 1 aliphatic rings. The maximum Gasteiger partial charge on any atom is 0.260 e. The van der Waals surface area contributed by atoms with Gasteiger partial charge in [0.2, 0.25) is 5.95 Å². The van der Waals surface area contributed by atoms with Gasteiger partial charge < -0.3 is 20.1 Å². The van der Waals surface area contributed by atoms with Crippen LogP contribution in [-0.4, -0.2) is 49.8 Å². The number of piperazine rings is 1. The zero-order chi connectivity index (χ0) is 27.8. The van der Waals surface area contributed by atoms with Crippen molar-refractivity contribution in [3.63, 3.8) is 0 Å². The summed E-state index contributed by atoms with van der Waals surface area (Å²) in [5.74, 6) is -0.0119. The van der Waals surface area contributed by atoms with Gasteiger partial charge in [0.05, 0.1) is 23.9 Å². The maximum absolute atomic E-state index is 15.1. The van der Waals surface area contributed by atoms with Gasteiger partial charge in [-0.1, -0.05) is 24.3 Å². The highest BCUT2D eigenvalue weighted by Gasteiger charge is 2.20. The fourth-order valence-electron chi connectivity index (χ4n) is 5.38. The Balaban J connectivity index is 1.35. The molecule has 5 aromatic rings. The number of nitrogens with zero attached hydrogens (tertiary/aromatic N) is 6. The lowest BCUT2D eigenvalue weighted by molar-refractivity contribution is 0.478. The molecule has 0 bridgehead atoms. The van der Waals surface area contributed by atoms with Gasteiger partial charge in [-0.05, 0) is 43.7 Å². The van der Waals surface area contributed by atoms with Crippen molar-refractivity contribution in [1.82, 2.24) is 29.4 Å². The predicted molar refractivity (Wildman–Crippen MR) is 156 cm³/mol. The highest BCUT2D eigenvalue weighted by molar-refractivity contribution is 5.87. The molecule has 1 saturated heterocycles. The number of rotatable bonds is 6. The van der Waals surface area contributed by atoms with Crippen molar-refractivity contribution in [2.75, 3.05) is 29.9 Å². The summed E-state index contributed by atoms with van der Waals surface area (Å²) in [5.41, 5.74) is 4.70. The van der Waals surface area contributed by atoms with Crippen LogP contribution in [0.3, 0.4) is 0 Å². The Morgan fingerprint density at radius 2 is 1.93 bits per heavy atom. The number of anilines is 3. The molecule has 1 atom stereocenters. The minimum Gasteiger partial charge on any atom is -0.366 e. The first kappa shape index (κ1) is 25.7. The van der Waals surface area contributed by atoms with Gasteiger partial charge in [0.25, 0.3) is 5.56 Å². The van der Waals surface area contributed by atoms with Gasteiger partial charge in [-0.2, -0.15) is 4.98 Å². The molecule has 6 rings (SSSR count). The second-order valence-corrected chi connectivity index (χ2v) is 10.1. The molecule has 0 amide bonds. The van der Waals surface area contributed by atoms with Gasteiger partial charge in [-0.25, -0.2) is 14.4 Å². The van der Waals surface area contributed by atoms with Crippen molar-refractivity contribution in [2.24, 2.45) is 7.05 Å². The van der Waals surface area contributed by atoms with Gasteiger partial charge in [0.1, 0.15) is 11.5 Å². The Morgan fingerprint density at radius 1 is 1.10 bits per heavy atom. The number of nitrogens with one attached hydrogen (secondary N) is 2. The Labute approximate surface area is 231 Å². The molecule has 4 heterocycles. The minimum absolute atomic E-state index is 0.144. The van der Waals surface area contributed by atoms with E-state index in [0.29, 0.717) is 41.1 Å². The van der Waals surface area contributed by atoms with Crippen molar-refractivity contribution >= 4 is 28.4 Å². The van der Waals surface area contributed by atoms with Crippen LogP contribution in [0.4, 0.5) is 21.7 Å². The van der Waals surface area contributed by atoms with E-state index < -0.39 is 0 Å². The average molecular weight is 539 g/mol. The van der Waals surface area contributed by atoms with Crippen LogP contribution in [0.2, 0.25) is 0 Å².